The van der Waals surface area contributed by atoms with E-state index in [9.17, 15) is 4.79 Å². The van der Waals surface area contributed by atoms with Crippen molar-refractivity contribution in [2.45, 2.75) is 33.2 Å². The van der Waals surface area contributed by atoms with Crippen LogP contribution in [0.3, 0.4) is 0 Å². The number of rotatable bonds is 4. The van der Waals surface area contributed by atoms with Crippen molar-refractivity contribution in [3.05, 3.63) is 0 Å². The normalized spacial score (nSPS) is 16.7. The van der Waals surface area contributed by atoms with Crippen LogP contribution in [-0.2, 0) is 4.74 Å². The van der Waals surface area contributed by atoms with Gasteiger partial charge in [-0.25, -0.2) is 4.79 Å². The van der Waals surface area contributed by atoms with Gasteiger partial charge in [-0.1, -0.05) is 0 Å². The van der Waals surface area contributed by atoms with E-state index in [4.69, 9.17) is 4.74 Å². The average molecular weight is 313 g/mol. The fourth-order valence-electron chi connectivity index (χ4n) is 2.26. The summed E-state index contributed by atoms with van der Waals surface area (Å²) < 4.78 is 5.03. The second-order valence-corrected chi connectivity index (χ2v) is 6.32. The molecule has 0 spiro atoms. The number of aliphatic imine (C=N–C) groups is 1. The highest BCUT2D eigenvalue weighted by molar-refractivity contribution is 5.80. The topological polar surface area (TPSA) is 69.2 Å². The van der Waals surface area contributed by atoms with E-state index in [1.165, 1.54) is 0 Å². The molecule has 0 aliphatic carbocycles. The van der Waals surface area contributed by atoms with Crippen LogP contribution in [0, 0.1) is 0 Å². The van der Waals surface area contributed by atoms with Crippen LogP contribution in [0.25, 0.3) is 0 Å². The lowest BCUT2D eigenvalue weighted by molar-refractivity contribution is 0.0915. The van der Waals surface area contributed by atoms with Crippen molar-refractivity contribution < 1.29 is 9.53 Å². The monoisotopic (exact) mass is 313 g/mol. The standard InChI is InChI=1S/C15H31N5O2/c1-6-22-14(21)20-11-9-19(10-12-20)13(16-5)17-7-8-18-15(2,3)4/h18H,6-12H2,1-5H3,(H,16,17). The first-order valence-corrected chi connectivity index (χ1v) is 7.99. The van der Waals surface area contributed by atoms with Crippen molar-refractivity contribution in [3.8, 4) is 0 Å². The van der Waals surface area contributed by atoms with Gasteiger partial charge in [-0.05, 0) is 27.7 Å². The number of ether oxygens (including phenoxy) is 1. The molecule has 0 bridgehead atoms. The number of carbonyl (C=O) groups excluding carboxylic acids is 1. The molecule has 1 aliphatic rings. The van der Waals surface area contributed by atoms with Crippen molar-refractivity contribution >= 4 is 12.1 Å². The van der Waals surface area contributed by atoms with Crippen LogP contribution in [-0.4, -0.2) is 80.3 Å². The quantitative estimate of drug-likeness (QED) is 0.455. The SMILES string of the molecule is CCOC(=O)N1CCN(C(=NC)NCCNC(C)(C)C)CC1. The highest BCUT2D eigenvalue weighted by atomic mass is 16.6. The summed E-state index contributed by atoms with van der Waals surface area (Å²) in [6.45, 7) is 13.3. The maximum absolute atomic E-state index is 11.7. The Kier molecular flexibility index (Phi) is 7.44. The summed E-state index contributed by atoms with van der Waals surface area (Å²) in [7, 11) is 1.79. The second kappa shape index (κ2) is 8.82. The highest BCUT2D eigenvalue weighted by Gasteiger charge is 2.23. The fraction of sp³-hybridized carbons (Fsp3) is 0.867. The van der Waals surface area contributed by atoms with Crippen molar-refractivity contribution in [1.29, 1.82) is 0 Å². The van der Waals surface area contributed by atoms with E-state index in [2.05, 4.69) is 41.3 Å². The van der Waals surface area contributed by atoms with Crippen LogP contribution in [0.15, 0.2) is 4.99 Å². The van der Waals surface area contributed by atoms with E-state index in [0.717, 1.165) is 32.1 Å². The molecule has 1 amide bonds. The molecule has 0 saturated carbocycles. The van der Waals surface area contributed by atoms with Gasteiger partial charge >= 0.3 is 6.09 Å². The zero-order valence-electron chi connectivity index (χ0n) is 14.6. The summed E-state index contributed by atoms with van der Waals surface area (Å²) in [4.78, 5) is 19.9. The molecule has 128 valence electrons. The molecule has 2 N–H and O–H groups in total. The van der Waals surface area contributed by atoms with Crippen LogP contribution in [0.4, 0.5) is 4.79 Å². The van der Waals surface area contributed by atoms with Crippen LogP contribution < -0.4 is 10.6 Å². The Morgan fingerprint density at radius 3 is 2.23 bits per heavy atom. The molecule has 22 heavy (non-hydrogen) atoms. The lowest BCUT2D eigenvalue weighted by Gasteiger charge is -2.36. The van der Waals surface area contributed by atoms with Crippen molar-refractivity contribution in [1.82, 2.24) is 20.4 Å². The van der Waals surface area contributed by atoms with E-state index < -0.39 is 0 Å². The third-order valence-corrected chi connectivity index (χ3v) is 3.38. The molecular weight excluding hydrogens is 282 g/mol. The minimum Gasteiger partial charge on any atom is -0.450 e. The van der Waals surface area contributed by atoms with Gasteiger partial charge in [0.15, 0.2) is 5.96 Å². The number of amides is 1. The molecule has 0 aromatic rings. The number of piperazine rings is 1. The van der Waals surface area contributed by atoms with Gasteiger partial charge in [-0.15, -0.1) is 0 Å². The Hall–Kier alpha value is -1.50. The van der Waals surface area contributed by atoms with E-state index in [1.54, 1.807) is 11.9 Å². The summed E-state index contributed by atoms with van der Waals surface area (Å²) in [5.41, 5.74) is 0.121. The molecule has 1 rings (SSSR count). The molecule has 7 heteroatoms. The predicted octanol–water partition coefficient (Wildman–Crippen LogP) is 0.724. The van der Waals surface area contributed by atoms with Gasteiger partial charge in [0.25, 0.3) is 0 Å². The van der Waals surface area contributed by atoms with E-state index in [-0.39, 0.29) is 11.6 Å². The van der Waals surface area contributed by atoms with Gasteiger partial charge in [0, 0.05) is 51.9 Å². The number of hydrogen-bond acceptors (Lipinski definition) is 4. The largest absolute Gasteiger partial charge is 0.450 e. The van der Waals surface area contributed by atoms with Crippen molar-refractivity contribution in [2.75, 3.05) is 52.9 Å². The minimum atomic E-state index is -0.223. The average Bonchev–Trinajstić information content (AvgIpc) is 2.47. The van der Waals surface area contributed by atoms with Crippen molar-refractivity contribution in [3.63, 3.8) is 0 Å². The molecule has 0 unspecified atom stereocenters. The molecule has 0 radical (unpaired) electrons. The van der Waals surface area contributed by atoms with Crippen molar-refractivity contribution in [2.24, 2.45) is 4.99 Å². The van der Waals surface area contributed by atoms with Crippen LogP contribution in [0.2, 0.25) is 0 Å². The molecule has 1 saturated heterocycles. The smallest absolute Gasteiger partial charge is 0.409 e. The lowest BCUT2D eigenvalue weighted by atomic mass is 10.1. The Bertz CT molecular complexity index is 371. The van der Waals surface area contributed by atoms with Gasteiger partial charge in [0.2, 0.25) is 0 Å². The molecule has 0 aromatic heterocycles. The minimum absolute atomic E-state index is 0.121. The number of nitrogens with one attached hydrogen (secondary N) is 2. The molecule has 1 aliphatic heterocycles. The number of nitrogens with zero attached hydrogens (tertiary/aromatic N) is 3. The molecule has 0 aromatic carbocycles. The van der Waals surface area contributed by atoms with E-state index in [1.807, 2.05) is 6.92 Å². The first kappa shape index (κ1) is 18.5. The van der Waals surface area contributed by atoms with Crippen LogP contribution in [0.5, 0.6) is 0 Å². The second-order valence-electron chi connectivity index (χ2n) is 6.32. The summed E-state index contributed by atoms with van der Waals surface area (Å²) >= 11 is 0. The Morgan fingerprint density at radius 1 is 1.14 bits per heavy atom. The summed E-state index contributed by atoms with van der Waals surface area (Å²) in [5.74, 6) is 0.888. The predicted molar refractivity (Wildman–Crippen MR) is 89.3 cm³/mol. The van der Waals surface area contributed by atoms with Gasteiger partial charge in [-0.3, -0.25) is 4.99 Å². The third kappa shape index (κ3) is 6.51. The maximum Gasteiger partial charge on any atom is 0.409 e. The van der Waals surface area contributed by atoms with Gasteiger partial charge in [-0.2, -0.15) is 0 Å². The van der Waals surface area contributed by atoms with Gasteiger partial charge < -0.3 is 25.2 Å². The van der Waals surface area contributed by atoms with Crippen LogP contribution in [0.1, 0.15) is 27.7 Å². The number of guanidine groups is 1. The first-order valence-electron chi connectivity index (χ1n) is 7.99. The summed E-state index contributed by atoms with van der Waals surface area (Å²) in [6.07, 6.45) is -0.223. The lowest BCUT2D eigenvalue weighted by Crippen LogP contribution is -2.54. The zero-order chi connectivity index (χ0) is 16.6. The molecule has 0 atom stereocenters. The Balaban J connectivity index is 2.33. The number of hydrogen-bond donors (Lipinski definition) is 2. The Labute approximate surface area is 134 Å². The van der Waals surface area contributed by atoms with Gasteiger partial charge in [0.05, 0.1) is 6.61 Å². The van der Waals surface area contributed by atoms with Gasteiger partial charge in [0.1, 0.15) is 0 Å². The fourth-order valence-corrected chi connectivity index (χ4v) is 2.26. The Morgan fingerprint density at radius 2 is 1.73 bits per heavy atom. The summed E-state index contributed by atoms with van der Waals surface area (Å²) in [5, 5.41) is 6.79. The highest BCUT2D eigenvalue weighted by Crippen LogP contribution is 2.04. The number of carbonyl (C=O) groups is 1. The molecular formula is C15H31N5O2. The molecule has 7 nitrogen and oxygen atoms in total. The molecule has 1 heterocycles. The van der Waals surface area contributed by atoms with Crippen LogP contribution >= 0.6 is 0 Å². The van der Waals surface area contributed by atoms with E-state index in [0.29, 0.717) is 19.7 Å². The maximum atomic E-state index is 11.7. The summed E-state index contributed by atoms with van der Waals surface area (Å²) in [6, 6.07) is 0. The zero-order valence-corrected chi connectivity index (χ0v) is 14.6. The third-order valence-electron chi connectivity index (χ3n) is 3.38. The first-order chi connectivity index (χ1) is 10.4. The molecule has 1 fully saturated rings. The van der Waals surface area contributed by atoms with E-state index >= 15 is 0 Å².